The number of rotatable bonds is 7. The molecule has 1 saturated heterocycles. The maximum Gasteiger partial charge on any atom is 0.416 e. The first kappa shape index (κ1) is 24.6. The van der Waals surface area contributed by atoms with Crippen molar-refractivity contribution in [3.8, 4) is 0 Å². The van der Waals surface area contributed by atoms with E-state index in [-0.39, 0.29) is 18.2 Å². The molecule has 2 amide bonds. The number of likely N-dealkylation sites (N-methyl/N-ethyl adjacent to an activating group) is 2. The number of amides is 2. The highest BCUT2D eigenvalue weighted by molar-refractivity contribution is 5.91. The maximum absolute atomic E-state index is 13.1. The summed E-state index contributed by atoms with van der Waals surface area (Å²) in [5.74, 6) is -1.94. The van der Waals surface area contributed by atoms with Gasteiger partial charge in [0, 0.05) is 20.0 Å². The average molecular weight is 443 g/mol. The predicted molar refractivity (Wildman–Crippen MR) is 107 cm³/mol. The van der Waals surface area contributed by atoms with Crippen molar-refractivity contribution in [1.82, 2.24) is 15.1 Å². The molecule has 2 N–H and O–H groups in total. The quantitative estimate of drug-likeness (QED) is 0.673. The van der Waals surface area contributed by atoms with Gasteiger partial charge in [-0.3, -0.25) is 14.4 Å². The minimum atomic E-state index is -4.48. The number of hydrogen-bond acceptors (Lipinski definition) is 4. The van der Waals surface area contributed by atoms with Gasteiger partial charge in [0.1, 0.15) is 12.6 Å². The summed E-state index contributed by atoms with van der Waals surface area (Å²) in [5.41, 5.74) is -0.363. The Morgan fingerprint density at radius 3 is 2.39 bits per heavy atom. The number of likely N-dealkylation sites (tertiary alicyclic amines) is 1. The summed E-state index contributed by atoms with van der Waals surface area (Å²) in [4.78, 5) is 39.8. The van der Waals surface area contributed by atoms with Gasteiger partial charge in [-0.15, -0.1) is 0 Å². The molecule has 1 aliphatic heterocycles. The van der Waals surface area contributed by atoms with Crippen molar-refractivity contribution in [3.05, 3.63) is 35.4 Å². The Morgan fingerprint density at radius 2 is 1.87 bits per heavy atom. The van der Waals surface area contributed by atoms with E-state index in [1.165, 1.54) is 24.1 Å². The zero-order chi connectivity index (χ0) is 23.3. The number of halogens is 3. The normalized spacial score (nSPS) is 20.8. The molecule has 0 aromatic heterocycles. The van der Waals surface area contributed by atoms with Crippen LogP contribution in [0.3, 0.4) is 0 Å². The number of nitrogens with one attached hydrogen (secondary N) is 1. The summed E-state index contributed by atoms with van der Waals surface area (Å²) in [6, 6.07) is 2.91. The van der Waals surface area contributed by atoms with E-state index < -0.39 is 42.2 Å². The second kappa shape index (κ2) is 10.1. The van der Waals surface area contributed by atoms with Crippen LogP contribution in [-0.2, 0) is 27.0 Å². The smallest absolute Gasteiger partial charge is 0.416 e. The highest BCUT2D eigenvalue weighted by Gasteiger charge is 2.38. The van der Waals surface area contributed by atoms with E-state index in [1.807, 2.05) is 6.92 Å². The number of hydrogen-bond donors (Lipinski definition) is 2. The van der Waals surface area contributed by atoms with E-state index in [2.05, 4.69) is 5.32 Å². The molecule has 0 spiro atoms. The molecule has 2 rings (SSSR count). The van der Waals surface area contributed by atoms with Crippen LogP contribution in [0.25, 0.3) is 0 Å². The highest BCUT2D eigenvalue weighted by atomic mass is 19.4. The number of benzene rings is 1. The molecule has 172 valence electrons. The third-order valence-corrected chi connectivity index (χ3v) is 5.51. The van der Waals surface area contributed by atoms with Crippen molar-refractivity contribution in [3.63, 3.8) is 0 Å². The summed E-state index contributed by atoms with van der Waals surface area (Å²) in [5, 5.41) is 12.0. The Morgan fingerprint density at radius 1 is 1.26 bits per heavy atom. The van der Waals surface area contributed by atoms with Crippen molar-refractivity contribution in [2.24, 2.45) is 5.92 Å². The first-order chi connectivity index (χ1) is 14.4. The zero-order valence-electron chi connectivity index (χ0n) is 17.8. The molecular formula is C21H28F3N3O4. The van der Waals surface area contributed by atoms with Crippen LogP contribution in [-0.4, -0.2) is 72.0 Å². The van der Waals surface area contributed by atoms with Gasteiger partial charge in [0.05, 0.1) is 11.6 Å². The monoisotopic (exact) mass is 443 g/mol. The van der Waals surface area contributed by atoms with Gasteiger partial charge in [0.2, 0.25) is 11.8 Å². The van der Waals surface area contributed by atoms with Crippen LogP contribution in [0.15, 0.2) is 24.3 Å². The summed E-state index contributed by atoms with van der Waals surface area (Å²) >= 11 is 0. The fraction of sp³-hybridized carbons (Fsp3) is 0.571. The van der Waals surface area contributed by atoms with Crippen LogP contribution in [0.4, 0.5) is 13.2 Å². The lowest BCUT2D eigenvalue weighted by Crippen LogP contribution is -2.56. The molecule has 0 aliphatic carbocycles. The molecule has 1 fully saturated rings. The van der Waals surface area contributed by atoms with Crippen molar-refractivity contribution in [2.45, 2.75) is 44.4 Å². The average Bonchev–Trinajstić information content (AvgIpc) is 2.83. The second-order valence-corrected chi connectivity index (χ2v) is 8.02. The molecule has 3 atom stereocenters. The summed E-state index contributed by atoms with van der Waals surface area (Å²) in [6.45, 7) is 1.71. The minimum absolute atomic E-state index is 0.0180. The molecule has 0 unspecified atom stereocenters. The Bertz CT molecular complexity index is 798. The Hall–Kier alpha value is -2.62. The summed E-state index contributed by atoms with van der Waals surface area (Å²) in [7, 11) is 2.98. The zero-order valence-corrected chi connectivity index (χ0v) is 17.8. The molecular weight excluding hydrogens is 415 g/mol. The van der Waals surface area contributed by atoms with Gasteiger partial charge in [0.25, 0.3) is 0 Å². The summed E-state index contributed by atoms with van der Waals surface area (Å²) in [6.07, 6.45) is -3.14. The largest absolute Gasteiger partial charge is 0.480 e. The van der Waals surface area contributed by atoms with Crippen LogP contribution in [0.1, 0.15) is 30.9 Å². The fourth-order valence-corrected chi connectivity index (χ4v) is 3.76. The van der Waals surface area contributed by atoms with Gasteiger partial charge in [0.15, 0.2) is 0 Å². The first-order valence-corrected chi connectivity index (χ1v) is 10.0. The number of carbonyl (C=O) groups excluding carboxylic acids is 2. The SMILES string of the molecule is CN[C@H]1CC[C@@H](C)CN([C@@H](Cc2ccc(C(F)(F)F)cc2)C(=O)N(C)CC(=O)O)C1=O. The predicted octanol–water partition coefficient (Wildman–Crippen LogP) is 2.01. The van der Waals surface area contributed by atoms with Gasteiger partial charge >= 0.3 is 12.1 Å². The maximum atomic E-state index is 13.1. The van der Waals surface area contributed by atoms with Crippen LogP contribution >= 0.6 is 0 Å². The molecule has 1 aliphatic rings. The van der Waals surface area contributed by atoms with Gasteiger partial charge in [-0.25, -0.2) is 0 Å². The Labute approximate surface area is 179 Å². The van der Waals surface area contributed by atoms with E-state index in [9.17, 15) is 27.6 Å². The Balaban J connectivity index is 2.38. The second-order valence-electron chi connectivity index (χ2n) is 8.02. The van der Waals surface area contributed by atoms with Gasteiger partial charge in [-0.2, -0.15) is 13.2 Å². The molecule has 1 aromatic carbocycles. The van der Waals surface area contributed by atoms with Crippen LogP contribution < -0.4 is 5.32 Å². The van der Waals surface area contributed by atoms with Crippen LogP contribution in [0.2, 0.25) is 0 Å². The Kier molecular flexibility index (Phi) is 8.05. The van der Waals surface area contributed by atoms with E-state index >= 15 is 0 Å². The molecule has 10 heteroatoms. The fourth-order valence-electron chi connectivity index (χ4n) is 3.76. The van der Waals surface area contributed by atoms with Crippen LogP contribution in [0, 0.1) is 5.92 Å². The van der Waals surface area contributed by atoms with Crippen molar-refractivity contribution < 1.29 is 32.7 Å². The molecule has 1 heterocycles. The number of carboxylic acids is 1. The van der Waals surface area contributed by atoms with Crippen molar-refractivity contribution in [1.29, 1.82) is 0 Å². The van der Waals surface area contributed by atoms with Crippen molar-refractivity contribution >= 4 is 17.8 Å². The lowest BCUT2D eigenvalue weighted by atomic mass is 10.00. The molecule has 0 radical (unpaired) electrons. The number of nitrogens with zero attached hydrogens (tertiary/aromatic N) is 2. The lowest BCUT2D eigenvalue weighted by Gasteiger charge is -2.35. The van der Waals surface area contributed by atoms with Gasteiger partial charge in [-0.1, -0.05) is 19.1 Å². The number of alkyl halides is 3. The lowest BCUT2D eigenvalue weighted by molar-refractivity contribution is -0.149. The molecule has 0 saturated carbocycles. The highest BCUT2D eigenvalue weighted by Crippen LogP contribution is 2.29. The van der Waals surface area contributed by atoms with Crippen molar-refractivity contribution in [2.75, 3.05) is 27.2 Å². The number of aliphatic carboxylic acids is 1. The number of carbonyl (C=O) groups is 3. The van der Waals surface area contributed by atoms with Crippen LogP contribution in [0.5, 0.6) is 0 Å². The third kappa shape index (κ3) is 6.43. The first-order valence-electron chi connectivity index (χ1n) is 10.0. The van der Waals surface area contributed by atoms with E-state index in [0.29, 0.717) is 18.5 Å². The molecule has 1 aromatic rings. The van der Waals surface area contributed by atoms with E-state index in [4.69, 9.17) is 5.11 Å². The molecule has 31 heavy (non-hydrogen) atoms. The third-order valence-electron chi connectivity index (χ3n) is 5.51. The van der Waals surface area contributed by atoms with Gasteiger partial charge < -0.3 is 20.2 Å². The van der Waals surface area contributed by atoms with E-state index in [0.717, 1.165) is 23.5 Å². The minimum Gasteiger partial charge on any atom is -0.480 e. The standard InChI is InChI=1S/C21H28F3N3O4/c1-13-4-9-16(25-2)19(30)27(11-13)17(20(31)26(3)12-18(28)29)10-14-5-7-15(8-6-14)21(22,23)24/h5-8,13,16-17,25H,4,9-12H2,1-3H3,(H,28,29)/t13-,16+,17+/m1/s1. The van der Waals surface area contributed by atoms with Gasteiger partial charge in [-0.05, 0) is 43.5 Å². The topological polar surface area (TPSA) is 90.0 Å². The summed E-state index contributed by atoms with van der Waals surface area (Å²) < 4.78 is 38.6. The molecule has 7 nitrogen and oxygen atoms in total. The van der Waals surface area contributed by atoms with E-state index in [1.54, 1.807) is 7.05 Å². The molecule has 0 bridgehead atoms. The number of carboxylic acid groups (broad SMARTS) is 1.